The molecule has 0 bridgehead atoms. The molecule has 0 unspecified atom stereocenters. The molecular weight excluding hydrogens is 397 g/mol. The van der Waals surface area contributed by atoms with Crippen molar-refractivity contribution in [1.29, 1.82) is 0 Å². The molecule has 6 nitrogen and oxygen atoms in total. The number of nitrogens with one attached hydrogen (secondary N) is 1. The number of hydrogen-bond acceptors (Lipinski definition) is 4. The number of halogens is 3. The standard InChI is InChI=1S/C17H22ClN5O.2ClH/c18-14-2-3-16(22-8-4-13(11-19)5-9-22)15(10-14)21-17(24)23-7-1-6-20-12-23;;/h1-3,6-7,10,13H,4-5,8-9,11-12,19H2,(H,21,24);2*1H. The van der Waals surface area contributed by atoms with Gasteiger partial charge in [-0.1, -0.05) is 11.6 Å². The van der Waals surface area contributed by atoms with Crippen LogP contribution in [0.5, 0.6) is 0 Å². The van der Waals surface area contributed by atoms with Gasteiger partial charge in [-0.3, -0.25) is 9.89 Å². The van der Waals surface area contributed by atoms with Crippen LogP contribution in [0.25, 0.3) is 0 Å². The number of piperidine rings is 1. The molecule has 2 amide bonds. The van der Waals surface area contributed by atoms with Crippen LogP contribution in [0.2, 0.25) is 5.02 Å². The van der Waals surface area contributed by atoms with Gasteiger partial charge in [-0.2, -0.15) is 0 Å². The van der Waals surface area contributed by atoms with E-state index in [1.165, 1.54) is 4.90 Å². The first-order valence-electron chi connectivity index (χ1n) is 8.16. The van der Waals surface area contributed by atoms with Gasteiger partial charge in [-0.15, -0.1) is 24.8 Å². The summed E-state index contributed by atoms with van der Waals surface area (Å²) in [5.41, 5.74) is 7.49. The number of anilines is 2. The maximum absolute atomic E-state index is 12.4. The molecule has 144 valence electrons. The van der Waals surface area contributed by atoms with Crippen LogP contribution in [0.4, 0.5) is 16.2 Å². The Bertz CT molecular complexity index is 660. The molecule has 1 aromatic rings. The molecule has 0 saturated carbocycles. The van der Waals surface area contributed by atoms with Gasteiger partial charge >= 0.3 is 6.03 Å². The van der Waals surface area contributed by atoms with E-state index in [0.29, 0.717) is 17.6 Å². The van der Waals surface area contributed by atoms with Gasteiger partial charge in [-0.05, 0) is 49.6 Å². The summed E-state index contributed by atoms with van der Waals surface area (Å²) in [5, 5.41) is 3.55. The minimum absolute atomic E-state index is 0. The van der Waals surface area contributed by atoms with Crippen LogP contribution in [-0.4, -0.2) is 43.4 Å². The molecule has 2 heterocycles. The van der Waals surface area contributed by atoms with Crippen molar-refractivity contribution in [3.05, 3.63) is 35.5 Å². The Labute approximate surface area is 171 Å². The maximum atomic E-state index is 12.4. The van der Waals surface area contributed by atoms with Crippen LogP contribution in [0.15, 0.2) is 35.5 Å². The van der Waals surface area contributed by atoms with Crippen molar-refractivity contribution in [3.63, 3.8) is 0 Å². The third kappa shape index (κ3) is 5.51. The van der Waals surface area contributed by atoms with Crippen LogP contribution in [-0.2, 0) is 0 Å². The molecule has 3 rings (SSSR count). The van der Waals surface area contributed by atoms with Crippen molar-refractivity contribution in [2.45, 2.75) is 12.8 Å². The van der Waals surface area contributed by atoms with Gasteiger partial charge in [0.2, 0.25) is 0 Å². The first kappa shape index (κ1) is 22.6. The lowest BCUT2D eigenvalue weighted by molar-refractivity contribution is 0.229. The van der Waals surface area contributed by atoms with Crippen molar-refractivity contribution in [1.82, 2.24) is 4.90 Å². The van der Waals surface area contributed by atoms with Crippen molar-refractivity contribution >= 4 is 60.0 Å². The summed E-state index contributed by atoms with van der Waals surface area (Å²) >= 11 is 6.13. The molecule has 0 spiro atoms. The number of nitrogens with zero attached hydrogens (tertiary/aromatic N) is 3. The summed E-state index contributed by atoms with van der Waals surface area (Å²) in [7, 11) is 0. The van der Waals surface area contributed by atoms with Gasteiger partial charge in [0, 0.05) is 30.5 Å². The van der Waals surface area contributed by atoms with Crippen LogP contribution >= 0.6 is 36.4 Å². The minimum Gasteiger partial charge on any atom is -0.370 e. The second-order valence-electron chi connectivity index (χ2n) is 6.04. The second-order valence-corrected chi connectivity index (χ2v) is 6.48. The van der Waals surface area contributed by atoms with Gasteiger partial charge < -0.3 is 16.0 Å². The number of amides is 2. The number of allylic oxidation sites excluding steroid dienone is 1. The number of nitrogens with two attached hydrogens (primary N) is 1. The number of rotatable bonds is 3. The Kier molecular flexibility index (Phi) is 9.22. The predicted molar refractivity (Wildman–Crippen MR) is 113 cm³/mol. The smallest absolute Gasteiger partial charge is 0.327 e. The first-order chi connectivity index (χ1) is 11.7. The number of carbonyl (C=O) groups is 1. The van der Waals surface area contributed by atoms with E-state index < -0.39 is 0 Å². The topological polar surface area (TPSA) is 74.0 Å². The molecule has 9 heteroatoms. The first-order valence-corrected chi connectivity index (χ1v) is 8.54. The van der Waals surface area contributed by atoms with Gasteiger partial charge in [0.1, 0.15) is 6.67 Å². The number of hydrogen-bond donors (Lipinski definition) is 2. The molecule has 1 saturated heterocycles. The molecule has 0 aromatic heterocycles. The fourth-order valence-corrected chi connectivity index (χ4v) is 3.17. The monoisotopic (exact) mass is 419 g/mol. The molecule has 0 atom stereocenters. The van der Waals surface area contributed by atoms with E-state index in [1.807, 2.05) is 12.1 Å². The summed E-state index contributed by atoms with van der Waals surface area (Å²) < 4.78 is 0. The maximum Gasteiger partial charge on any atom is 0.327 e. The highest BCUT2D eigenvalue weighted by atomic mass is 35.5. The summed E-state index contributed by atoms with van der Waals surface area (Å²) in [4.78, 5) is 20.3. The molecule has 1 fully saturated rings. The third-order valence-corrected chi connectivity index (χ3v) is 4.68. The van der Waals surface area contributed by atoms with Crippen molar-refractivity contribution in [2.75, 3.05) is 36.5 Å². The van der Waals surface area contributed by atoms with Crippen molar-refractivity contribution in [3.8, 4) is 0 Å². The van der Waals surface area contributed by atoms with E-state index in [2.05, 4.69) is 15.2 Å². The average molecular weight is 421 g/mol. The third-order valence-electron chi connectivity index (χ3n) is 4.44. The van der Waals surface area contributed by atoms with Crippen molar-refractivity contribution in [2.24, 2.45) is 16.6 Å². The zero-order valence-corrected chi connectivity index (χ0v) is 16.7. The number of benzene rings is 1. The lowest BCUT2D eigenvalue weighted by atomic mass is 9.96. The van der Waals surface area contributed by atoms with Crippen LogP contribution in [0, 0.1) is 5.92 Å². The largest absolute Gasteiger partial charge is 0.370 e. The fourth-order valence-electron chi connectivity index (χ4n) is 3.00. The summed E-state index contributed by atoms with van der Waals surface area (Å²) in [6.07, 6.45) is 7.25. The molecule has 2 aliphatic rings. The molecule has 1 aromatic carbocycles. The van der Waals surface area contributed by atoms with E-state index in [9.17, 15) is 4.79 Å². The lowest BCUT2D eigenvalue weighted by Crippen LogP contribution is -2.37. The number of urea groups is 1. The number of aliphatic imine (C=N–C) groups is 1. The normalized spacial score (nSPS) is 16.7. The summed E-state index contributed by atoms with van der Waals surface area (Å²) in [6.45, 7) is 2.92. The van der Waals surface area contributed by atoms with Crippen LogP contribution < -0.4 is 16.0 Å². The quantitative estimate of drug-likeness (QED) is 0.782. The molecule has 2 aliphatic heterocycles. The molecule has 0 aliphatic carbocycles. The highest BCUT2D eigenvalue weighted by molar-refractivity contribution is 6.31. The van der Waals surface area contributed by atoms with E-state index in [4.69, 9.17) is 17.3 Å². The van der Waals surface area contributed by atoms with Crippen molar-refractivity contribution < 1.29 is 4.79 Å². The van der Waals surface area contributed by atoms with Gasteiger partial charge in [0.05, 0.1) is 11.4 Å². The minimum atomic E-state index is -0.219. The van der Waals surface area contributed by atoms with Crippen LogP contribution in [0.1, 0.15) is 12.8 Å². The highest BCUT2D eigenvalue weighted by Gasteiger charge is 2.22. The lowest BCUT2D eigenvalue weighted by Gasteiger charge is -2.34. The molecule has 0 radical (unpaired) electrons. The Hall–Kier alpha value is -1.47. The SMILES string of the molecule is Cl.Cl.NCC1CCN(c2ccc(Cl)cc2NC(=O)N2C=CC=NC2)CC1. The molecule has 26 heavy (non-hydrogen) atoms. The zero-order valence-electron chi connectivity index (χ0n) is 14.3. The van der Waals surface area contributed by atoms with E-state index in [-0.39, 0.29) is 30.8 Å². The summed E-state index contributed by atoms with van der Waals surface area (Å²) in [6, 6.07) is 5.39. The predicted octanol–water partition coefficient (Wildman–Crippen LogP) is 3.75. The van der Waals surface area contributed by atoms with Gasteiger partial charge in [-0.25, -0.2) is 4.79 Å². The average Bonchev–Trinajstić information content (AvgIpc) is 2.63. The Morgan fingerprint density at radius 3 is 2.65 bits per heavy atom. The van der Waals surface area contributed by atoms with Gasteiger partial charge in [0.25, 0.3) is 0 Å². The molecule has 3 N–H and O–H groups in total. The summed E-state index contributed by atoms with van der Waals surface area (Å²) in [5.74, 6) is 0.586. The second kappa shape index (κ2) is 10.6. The zero-order chi connectivity index (χ0) is 16.9. The van der Waals surface area contributed by atoms with E-state index in [0.717, 1.165) is 43.9 Å². The Morgan fingerprint density at radius 2 is 2.04 bits per heavy atom. The van der Waals surface area contributed by atoms with Crippen LogP contribution in [0.3, 0.4) is 0 Å². The fraction of sp³-hybridized carbons (Fsp3) is 0.412. The highest BCUT2D eigenvalue weighted by Crippen LogP contribution is 2.32. The van der Waals surface area contributed by atoms with E-state index in [1.54, 1.807) is 24.6 Å². The molecular formula is C17H24Cl3N5O. The number of carbonyl (C=O) groups excluding carboxylic acids is 1. The Morgan fingerprint density at radius 1 is 1.31 bits per heavy atom. The van der Waals surface area contributed by atoms with Gasteiger partial charge in [0.15, 0.2) is 0 Å². The Balaban J connectivity index is 0.00000169. The van der Waals surface area contributed by atoms with E-state index >= 15 is 0 Å².